The summed E-state index contributed by atoms with van der Waals surface area (Å²) in [6, 6.07) is 8.05. The maximum atomic E-state index is 6.26. The molecule has 7 nitrogen and oxygen atoms in total. The van der Waals surface area contributed by atoms with Gasteiger partial charge in [0.05, 0.1) is 28.1 Å². The summed E-state index contributed by atoms with van der Waals surface area (Å²) in [6.45, 7) is 3.92. The van der Waals surface area contributed by atoms with Crippen LogP contribution in [0.5, 0.6) is 5.19 Å². The van der Waals surface area contributed by atoms with Crippen LogP contribution in [0.15, 0.2) is 47.9 Å². The van der Waals surface area contributed by atoms with Gasteiger partial charge in [-0.3, -0.25) is 0 Å². The molecule has 1 aliphatic rings. The van der Waals surface area contributed by atoms with Crippen molar-refractivity contribution in [1.82, 2.24) is 24.9 Å². The number of thioether (sulfide) groups is 1. The van der Waals surface area contributed by atoms with Crippen molar-refractivity contribution in [3.05, 3.63) is 47.9 Å². The molecule has 0 bridgehead atoms. The minimum absolute atomic E-state index is 0.0709. The molecule has 0 radical (unpaired) electrons. The summed E-state index contributed by atoms with van der Waals surface area (Å²) in [5, 5.41) is 2.22. The fraction of sp³-hybridized carbons (Fsp3) is 0.348. The van der Waals surface area contributed by atoms with Gasteiger partial charge in [-0.2, -0.15) is 0 Å². The molecule has 0 saturated carbocycles. The predicted octanol–water partition coefficient (Wildman–Crippen LogP) is 5.60. The summed E-state index contributed by atoms with van der Waals surface area (Å²) in [7, 11) is 0. The topological polar surface area (TPSA) is 76.9 Å². The van der Waals surface area contributed by atoms with Crippen LogP contribution in [0.4, 0.5) is 5.95 Å². The van der Waals surface area contributed by atoms with E-state index < -0.39 is 0 Å². The highest BCUT2D eigenvalue weighted by atomic mass is 35.5. The van der Waals surface area contributed by atoms with Crippen LogP contribution in [0.1, 0.15) is 19.8 Å². The largest absolute Gasteiger partial charge is 0.467 e. The van der Waals surface area contributed by atoms with Gasteiger partial charge in [0.2, 0.25) is 5.95 Å². The van der Waals surface area contributed by atoms with E-state index in [4.69, 9.17) is 21.3 Å². The molecule has 1 saturated heterocycles. The van der Waals surface area contributed by atoms with Crippen molar-refractivity contribution in [3.63, 3.8) is 0 Å². The van der Waals surface area contributed by atoms with Crippen LogP contribution in [0.2, 0.25) is 5.02 Å². The lowest BCUT2D eigenvalue weighted by Crippen LogP contribution is -2.39. The number of nitrogens with zero attached hydrogens (tertiary/aromatic N) is 6. The molecule has 4 aromatic rings. The van der Waals surface area contributed by atoms with Gasteiger partial charge in [0, 0.05) is 24.8 Å². The monoisotopic (exact) mass is 498 g/mol. The molecule has 0 aromatic carbocycles. The number of hydrogen-bond donors (Lipinski definition) is 0. The van der Waals surface area contributed by atoms with E-state index in [2.05, 4.69) is 37.8 Å². The standard InChI is InChI=1S/C23H23ClN6OS2/c1-14(15-7-9-30(10-8-15)22-26-12-17(24)13-27-22)31-23-29-19-5-4-18(28-21(19)33-23)16-3-6-20(32-2)25-11-16/h3-6,11-15H,7-10H2,1-2H3. The van der Waals surface area contributed by atoms with E-state index in [1.165, 1.54) is 11.3 Å². The van der Waals surface area contributed by atoms with Crippen molar-refractivity contribution in [3.8, 4) is 16.5 Å². The molecular formula is C23H23ClN6OS2. The first kappa shape index (κ1) is 22.3. The van der Waals surface area contributed by atoms with E-state index in [1.807, 2.05) is 30.7 Å². The van der Waals surface area contributed by atoms with Crippen LogP contribution >= 0.6 is 34.7 Å². The molecule has 0 amide bonds. The third-order valence-corrected chi connectivity index (χ3v) is 7.57. The first-order valence-electron chi connectivity index (χ1n) is 10.8. The Morgan fingerprint density at radius 3 is 2.55 bits per heavy atom. The zero-order valence-electron chi connectivity index (χ0n) is 18.3. The smallest absolute Gasteiger partial charge is 0.276 e. The second-order valence-corrected chi connectivity index (χ2v) is 10.1. The number of hydrogen-bond acceptors (Lipinski definition) is 9. The fourth-order valence-corrected chi connectivity index (χ4v) is 5.29. The Hall–Kier alpha value is -2.49. The second-order valence-electron chi connectivity index (χ2n) is 7.94. The Labute approximate surface area is 205 Å². The molecule has 1 atom stereocenters. The molecule has 0 aliphatic carbocycles. The molecular weight excluding hydrogens is 476 g/mol. The van der Waals surface area contributed by atoms with Gasteiger partial charge >= 0.3 is 0 Å². The third kappa shape index (κ3) is 5.05. The van der Waals surface area contributed by atoms with Crippen molar-refractivity contribution in [2.24, 2.45) is 5.92 Å². The number of anilines is 1. The fourth-order valence-electron chi connectivity index (χ4n) is 3.95. The van der Waals surface area contributed by atoms with Crippen LogP contribution in [-0.4, -0.2) is 50.4 Å². The average molecular weight is 499 g/mol. The molecule has 170 valence electrons. The quantitative estimate of drug-likeness (QED) is 0.318. The molecule has 0 N–H and O–H groups in total. The summed E-state index contributed by atoms with van der Waals surface area (Å²) < 4.78 is 6.26. The molecule has 1 aliphatic heterocycles. The summed E-state index contributed by atoms with van der Waals surface area (Å²) in [6.07, 6.45) is 9.26. The van der Waals surface area contributed by atoms with Crippen molar-refractivity contribution in [2.75, 3.05) is 24.2 Å². The minimum atomic E-state index is 0.0709. The number of fused-ring (bicyclic) bond motifs is 1. The third-order valence-electron chi connectivity index (χ3n) is 5.86. The van der Waals surface area contributed by atoms with Crippen LogP contribution in [-0.2, 0) is 0 Å². The molecule has 4 aromatic heterocycles. The van der Waals surface area contributed by atoms with Gasteiger partial charge in [-0.1, -0.05) is 22.9 Å². The Morgan fingerprint density at radius 1 is 1.06 bits per heavy atom. The lowest BCUT2D eigenvalue weighted by molar-refractivity contribution is 0.132. The predicted molar refractivity (Wildman–Crippen MR) is 134 cm³/mol. The molecule has 1 fully saturated rings. The van der Waals surface area contributed by atoms with Crippen LogP contribution in [0.25, 0.3) is 21.6 Å². The van der Waals surface area contributed by atoms with Crippen molar-refractivity contribution >= 4 is 51.0 Å². The summed E-state index contributed by atoms with van der Waals surface area (Å²) in [5.41, 5.74) is 2.74. The number of pyridine rings is 2. The lowest BCUT2D eigenvalue weighted by atomic mass is 9.92. The van der Waals surface area contributed by atoms with Gasteiger partial charge in [0.25, 0.3) is 5.19 Å². The van der Waals surface area contributed by atoms with Crippen LogP contribution in [0.3, 0.4) is 0 Å². The molecule has 0 spiro atoms. The summed E-state index contributed by atoms with van der Waals surface area (Å²) in [5.74, 6) is 1.18. The van der Waals surface area contributed by atoms with Crippen molar-refractivity contribution in [2.45, 2.75) is 30.9 Å². The molecule has 5 heterocycles. The maximum Gasteiger partial charge on any atom is 0.276 e. The van der Waals surface area contributed by atoms with Gasteiger partial charge in [-0.25, -0.2) is 24.9 Å². The number of ether oxygens (including phenoxy) is 1. The number of aromatic nitrogens is 5. The lowest BCUT2D eigenvalue weighted by Gasteiger charge is -2.34. The SMILES string of the molecule is CSc1ccc(-c2ccc3nc(OC(C)C4CCN(c5ncc(Cl)cn5)CC4)sc3n2)cn1. The van der Waals surface area contributed by atoms with Gasteiger partial charge < -0.3 is 9.64 Å². The van der Waals surface area contributed by atoms with Crippen molar-refractivity contribution in [1.29, 1.82) is 0 Å². The highest BCUT2D eigenvalue weighted by molar-refractivity contribution is 7.98. The highest BCUT2D eigenvalue weighted by Crippen LogP contribution is 2.32. The van der Waals surface area contributed by atoms with E-state index in [-0.39, 0.29) is 6.10 Å². The Morgan fingerprint density at radius 2 is 1.85 bits per heavy atom. The van der Waals surface area contributed by atoms with Crippen LogP contribution in [0, 0.1) is 5.92 Å². The molecule has 10 heteroatoms. The minimum Gasteiger partial charge on any atom is -0.467 e. The number of thiazole rings is 1. The van der Waals surface area contributed by atoms with E-state index >= 15 is 0 Å². The molecule has 1 unspecified atom stereocenters. The van der Waals surface area contributed by atoms with E-state index in [0.717, 1.165) is 58.5 Å². The van der Waals surface area contributed by atoms with Gasteiger partial charge in [0.15, 0.2) is 0 Å². The highest BCUT2D eigenvalue weighted by Gasteiger charge is 2.27. The Balaban J connectivity index is 1.23. The van der Waals surface area contributed by atoms with E-state index in [1.54, 1.807) is 24.2 Å². The maximum absolute atomic E-state index is 6.26. The van der Waals surface area contributed by atoms with Crippen LogP contribution < -0.4 is 9.64 Å². The zero-order valence-corrected chi connectivity index (χ0v) is 20.7. The molecule has 33 heavy (non-hydrogen) atoms. The first-order chi connectivity index (χ1) is 16.1. The average Bonchev–Trinajstić information content (AvgIpc) is 3.26. The summed E-state index contributed by atoms with van der Waals surface area (Å²) in [4.78, 5) is 25.6. The number of rotatable bonds is 6. The molecule has 5 rings (SSSR count). The van der Waals surface area contributed by atoms with Crippen molar-refractivity contribution < 1.29 is 4.74 Å². The Bertz CT molecular complexity index is 1230. The summed E-state index contributed by atoms with van der Waals surface area (Å²) >= 11 is 9.02. The van der Waals surface area contributed by atoms with E-state index in [9.17, 15) is 0 Å². The number of piperidine rings is 1. The van der Waals surface area contributed by atoms with Gasteiger partial charge in [-0.15, -0.1) is 11.8 Å². The van der Waals surface area contributed by atoms with Gasteiger partial charge in [-0.05, 0) is 56.2 Å². The number of halogens is 1. The normalized spacial score (nSPS) is 15.7. The Kier molecular flexibility index (Phi) is 6.62. The van der Waals surface area contributed by atoms with Gasteiger partial charge in [0.1, 0.15) is 16.5 Å². The zero-order chi connectivity index (χ0) is 22.8. The second kappa shape index (κ2) is 9.79. The first-order valence-corrected chi connectivity index (χ1v) is 13.2. The van der Waals surface area contributed by atoms with E-state index in [0.29, 0.717) is 16.1 Å².